The van der Waals surface area contributed by atoms with Crippen LogP contribution < -0.4 is 16.4 Å². The largest absolute Gasteiger partial charge is 0.370 e. The minimum atomic E-state index is 0.166. The van der Waals surface area contributed by atoms with Crippen LogP contribution in [0.2, 0.25) is 0 Å². The molecule has 1 saturated carbocycles. The first-order valence-corrected chi connectivity index (χ1v) is 9.48. The number of aliphatic imine (C=N–C) groups is 1. The predicted octanol–water partition coefficient (Wildman–Crippen LogP) is 3.66. The van der Waals surface area contributed by atoms with Gasteiger partial charge in [-0.1, -0.05) is 38.3 Å². The van der Waals surface area contributed by atoms with Crippen molar-refractivity contribution >= 4 is 17.6 Å². The van der Waals surface area contributed by atoms with Gasteiger partial charge < -0.3 is 16.4 Å². The lowest BCUT2D eigenvalue weighted by molar-refractivity contribution is -0.121. The van der Waals surface area contributed by atoms with E-state index in [1.165, 1.54) is 32.1 Å². The molecule has 5 heteroatoms. The van der Waals surface area contributed by atoms with Crippen molar-refractivity contribution in [3.05, 3.63) is 29.8 Å². The van der Waals surface area contributed by atoms with Gasteiger partial charge in [0.25, 0.3) is 0 Å². The van der Waals surface area contributed by atoms with Gasteiger partial charge in [-0.3, -0.25) is 9.79 Å². The standard InChI is InChI=1S/C20H32N4O/c1-3-4-5-15-6-10-17(11-7-15)19(25)24-18-12-8-16(9-13-18)14-23-20(21)22-2/h8-9,12-13,15,17H,3-7,10-11,14H2,1-2H3,(H,24,25)(H3,21,22,23). The van der Waals surface area contributed by atoms with Crippen molar-refractivity contribution in [3.63, 3.8) is 0 Å². The Morgan fingerprint density at radius 2 is 1.88 bits per heavy atom. The molecule has 1 aromatic carbocycles. The van der Waals surface area contributed by atoms with Gasteiger partial charge in [-0.05, 0) is 49.3 Å². The molecule has 1 amide bonds. The number of nitrogens with two attached hydrogens (primary N) is 1. The van der Waals surface area contributed by atoms with E-state index in [0.29, 0.717) is 12.5 Å². The van der Waals surface area contributed by atoms with E-state index in [4.69, 9.17) is 5.73 Å². The molecule has 25 heavy (non-hydrogen) atoms. The van der Waals surface area contributed by atoms with Crippen molar-refractivity contribution in [1.29, 1.82) is 0 Å². The molecule has 0 heterocycles. The Balaban J connectivity index is 1.77. The van der Waals surface area contributed by atoms with Crippen LogP contribution in [-0.2, 0) is 11.3 Å². The van der Waals surface area contributed by atoms with Crippen LogP contribution in [0.25, 0.3) is 0 Å². The molecule has 1 aliphatic rings. The number of rotatable bonds is 7. The van der Waals surface area contributed by atoms with Crippen molar-refractivity contribution in [2.75, 3.05) is 12.4 Å². The second-order valence-corrected chi connectivity index (χ2v) is 7.01. The summed E-state index contributed by atoms with van der Waals surface area (Å²) in [5, 5.41) is 6.08. The van der Waals surface area contributed by atoms with Gasteiger partial charge >= 0.3 is 0 Å². The fourth-order valence-electron chi connectivity index (χ4n) is 3.43. The number of amides is 1. The average molecular weight is 345 g/mol. The lowest BCUT2D eigenvalue weighted by atomic mass is 9.79. The van der Waals surface area contributed by atoms with E-state index < -0.39 is 0 Å². The topological polar surface area (TPSA) is 79.5 Å². The molecule has 0 radical (unpaired) electrons. The number of guanidine groups is 1. The summed E-state index contributed by atoms with van der Waals surface area (Å²) in [5.74, 6) is 1.59. The second kappa shape index (κ2) is 10.1. The van der Waals surface area contributed by atoms with Crippen LogP contribution in [0.4, 0.5) is 5.69 Å². The molecule has 0 bridgehead atoms. The highest BCUT2D eigenvalue weighted by atomic mass is 16.1. The highest BCUT2D eigenvalue weighted by Gasteiger charge is 2.25. The van der Waals surface area contributed by atoms with Crippen LogP contribution in [0.5, 0.6) is 0 Å². The Kier molecular flexibility index (Phi) is 7.76. The minimum absolute atomic E-state index is 0.166. The van der Waals surface area contributed by atoms with E-state index >= 15 is 0 Å². The van der Waals surface area contributed by atoms with E-state index in [1.54, 1.807) is 7.05 Å². The molecular weight excluding hydrogens is 312 g/mol. The molecule has 0 spiro atoms. The maximum atomic E-state index is 12.5. The Bertz CT molecular complexity index is 560. The molecule has 0 saturated heterocycles. The Hall–Kier alpha value is -2.04. The quantitative estimate of drug-likeness (QED) is 0.522. The van der Waals surface area contributed by atoms with Gasteiger partial charge in [0.05, 0.1) is 0 Å². The number of unbranched alkanes of at least 4 members (excludes halogenated alkanes) is 1. The lowest BCUT2D eigenvalue weighted by Gasteiger charge is -2.27. The zero-order valence-electron chi connectivity index (χ0n) is 15.6. The highest BCUT2D eigenvalue weighted by Crippen LogP contribution is 2.32. The normalized spacial score (nSPS) is 21.0. The highest BCUT2D eigenvalue weighted by molar-refractivity contribution is 5.92. The summed E-state index contributed by atoms with van der Waals surface area (Å²) in [4.78, 5) is 16.3. The average Bonchev–Trinajstić information content (AvgIpc) is 2.65. The van der Waals surface area contributed by atoms with E-state index in [-0.39, 0.29) is 11.8 Å². The SMILES string of the molecule is CCCCC1CCC(C(=O)Nc2ccc(CNC(N)=NC)cc2)CC1. The Labute approximate surface area is 151 Å². The van der Waals surface area contributed by atoms with Gasteiger partial charge in [-0.2, -0.15) is 0 Å². The smallest absolute Gasteiger partial charge is 0.227 e. The minimum Gasteiger partial charge on any atom is -0.370 e. The first-order chi connectivity index (χ1) is 12.1. The van der Waals surface area contributed by atoms with Crippen LogP contribution in [0, 0.1) is 11.8 Å². The van der Waals surface area contributed by atoms with E-state index in [1.807, 2.05) is 24.3 Å². The molecular formula is C20H32N4O. The Morgan fingerprint density at radius 3 is 2.48 bits per heavy atom. The van der Waals surface area contributed by atoms with Crippen molar-refractivity contribution in [2.24, 2.45) is 22.6 Å². The Morgan fingerprint density at radius 1 is 1.20 bits per heavy atom. The monoisotopic (exact) mass is 344 g/mol. The fraction of sp³-hybridized carbons (Fsp3) is 0.600. The van der Waals surface area contributed by atoms with Gasteiger partial charge in [0.15, 0.2) is 5.96 Å². The first kappa shape index (κ1) is 19.3. The maximum absolute atomic E-state index is 12.5. The number of hydrogen-bond acceptors (Lipinski definition) is 2. The maximum Gasteiger partial charge on any atom is 0.227 e. The summed E-state index contributed by atoms with van der Waals surface area (Å²) in [6, 6.07) is 7.88. The molecule has 0 atom stereocenters. The summed E-state index contributed by atoms with van der Waals surface area (Å²) in [5.41, 5.74) is 7.58. The number of benzene rings is 1. The van der Waals surface area contributed by atoms with Crippen LogP contribution in [0.3, 0.4) is 0 Å². The fourth-order valence-corrected chi connectivity index (χ4v) is 3.43. The van der Waals surface area contributed by atoms with Crippen LogP contribution in [-0.4, -0.2) is 18.9 Å². The van der Waals surface area contributed by atoms with Gasteiger partial charge in [-0.15, -0.1) is 0 Å². The summed E-state index contributed by atoms with van der Waals surface area (Å²) < 4.78 is 0. The summed E-state index contributed by atoms with van der Waals surface area (Å²) in [6.45, 7) is 2.87. The van der Waals surface area contributed by atoms with E-state index in [0.717, 1.165) is 30.0 Å². The van der Waals surface area contributed by atoms with Crippen molar-refractivity contribution in [1.82, 2.24) is 5.32 Å². The van der Waals surface area contributed by atoms with Crippen LogP contribution >= 0.6 is 0 Å². The molecule has 0 aromatic heterocycles. The number of nitrogens with one attached hydrogen (secondary N) is 2. The molecule has 0 aliphatic heterocycles. The summed E-state index contributed by atoms with van der Waals surface area (Å²) in [6.07, 6.45) is 8.36. The molecule has 0 unspecified atom stereocenters. The van der Waals surface area contributed by atoms with Gasteiger partial charge in [0.2, 0.25) is 5.91 Å². The molecule has 138 valence electrons. The van der Waals surface area contributed by atoms with Crippen molar-refractivity contribution < 1.29 is 4.79 Å². The third-order valence-corrected chi connectivity index (χ3v) is 5.12. The molecule has 5 nitrogen and oxygen atoms in total. The van der Waals surface area contributed by atoms with Crippen LogP contribution in [0.15, 0.2) is 29.3 Å². The van der Waals surface area contributed by atoms with Gasteiger partial charge in [0.1, 0.15) is 0 Å². The number of anilines is 1. The third kappa shape index (κ3) is 6.40. The van der Waals surface area contributed by atoms with Crippen molar-refractivity contribution in [3.8, 4) is 0 Å². The number of carbonyl (C=O) groups excluding carboxylic acids is 1. The molecule has 1 aliphatic carbocycles. The predicted molar refractivity (Wildman–Crippen MR) is 104 cm³/mol. The van der Waals surface area contributed by atoms with Gasteiger partial charge in [0, 0.05) is 25.2 Å². The zero-order chi connectivity index (χ0) is 18.1. The number of hydrogen-bond donors (Lipinski definition) is 3. The van der Waals surface area contributed by atoms with Crippen molar-refractivity contribution in [2.45, 2.75) is 58.4 Å². The molecule has 4 N–H and O–H groups in total. The van der Waals surface area contributed by atoms with E-state index in [2.05, 4.69) is 22.5 Å². The molecule has 1 fully saturated rings. The summed E-state index contributed by atoms with van der Waals surface area (Å²) >= 11 is 0. The third-order valence-electron chi connectivity index (χ3n) is 5.12. The van der Waals surface area contributed by atoms with E-state index in [9.17, 15) is 4.79 Å². The second-order valence-electron chi connectivity index (χ2n) is 7.01. The first-order valence-electron chi connectivity index (χ1n) is 9.48. The molecule has 1 aromatic rings. The lowest BCUT2D eigenvalue weighted by Crippen LogP contribution is -2.30. The summed E-state index contributed by atoms with van der Waals surface area (Å²) in [7, 11) is 1.65. The van der Waals surface area contributed by atoms with Gasteiger partial charge in [-0.25, -0.2) is 0 Å². The van der Waals surface area contributed by atoms with Crippen LogP contribution in [0.1, 0.15) is 57.4 Å². The zero-order valence-corrected chi connectivity index (χ0v) is 15.6. The number of carbonyl (C=O) groups is 1. The molecule has 2 rings (SSSR count). The number of nitrogens with zero attached hydrogens (tertiary/aromatic N) is 1.